The van der Waals surface area contributed by atoms with Crippen LogP contribution in [0.2, 0.25) is 0 Å². The van der Waals surface area contributed by atoms with Gasteiger partial charge in [0.15, 0.2) is 0 Å². The van der Waals surface area contributed by atoms with Gasteiger partial charge in [-0.15, -0.1) is 0 Å². The molecule has 126 valence electrons. The molecule has 1 aromatic heterocycles. The minimum atomic E-state index is 0.500. The second-order valence-electron chi connectivity index (χ2n) is 7.03. The van der Waals surface area contributed by atoms with Gasteiger partial charge in [-0.25, -0.2) is 4.98 Å². The fourth-order valence-corrected chi connectivity index (χ4v) is 4.25. The Hall–Kier alpha value is -1.17. The molecule has 3 heterocycles. The number of pyridine rings is 1. The summed E-state index contributed by atoms with van der Waals surface area (Å²) in [7, 11) is 0. The second-order valence-corrected chi connectivity index (χ2v) is 7.03. The van der Waals surface area contributed by atoms with Crippen molar-refractivity contribution in [3.63, 3.8) is 0 Å². The van der Waals surface area contributed by atoms with Gasteiger partial charge in [-0.3, -0.25) is 0 Å². The Morgan fingerprint density at radius 1 is 1.13 bits per heavy atom. The second kappa shape index (κ2) is 6.75. The van der Waals surface area contributed by atoms with Gasteiger partial charge in [0.05, 0.1) is 13.2 Å². The lowest BCUT2D eigenvalue weighted by Crippen LogP contribution is -2.55. The Morgan fingerprint density at radius 3 is 2.65 bits per heavy atom. The topological polar surface area (TPSA) is 46.6 Å². The number of ether oxygens (including phenoxy) is 2. The molecule has 5 nitrogen and oxygen atoms in total. The smallest absolute Gasteiger partial charge is 0.133 e. The molecule has 1 spiro atoms. The zero-order valence-electron chi connectivity index (χ0n) is 13.8. The SMILES string of the molecule is c1cnc(N2CCOCC2)c(CNC2CCC23CCOCC3)c1. The summed E-state index contributed by atoms with van der Waals surface area (Å²) in [6.45, 7) is 6.26. The standard InChI is InChI=1S/C18H27N3O2/c1-2-15(17(19-7-1)21-8-12-23-13-9-21)14-20-16-3-4-18(16)5-10-22-11-6-18/h1-2,7,16,20H,3-6,8-14H2. The van der Waals surface area contributed by atoms with Gasteiger partial charge in [0.25, 0.3) is 0 Å². The molecule has 2 saturated heterocycles. The Morgan fingerprint density at radius 2 is 1.91 bits per heavy atom. The van der Waals surface area contributed by atoms with E-state index in [0.717, 1.165) is 51.9 Å². The van der Waals surface area contributed by atoms with Crippen LogP contribution < -0.4 is 10.2 Å². The summed E-state index contributed by atoms with van der Waals surface area (Å²) in [6, 6.07) is 4.90. The number of anilines is 1. The molecule has 1 N–H and O–H groups in total. The van der Waals surface area contributed by atoms with Gasteiger partial charge in [-0.1, -0.05) is 6.07 Å². The number of nitrogens with one attached hydrogen (secondary N) is 1. The first kappa shape index (κ1) is 15.4. The summed E-state index contributed by atoms with van der Waals surface area (Å²) >= 11 is 0. The van der Waals surface area contributed by atoms with Gasteiger partial charge in [-0.2, -0.15) is 0 Å². The zero-order chi connectivity index (χ0) is 15.5. The van der Waals surface area contributed by atoms with E-state index < -0.39 is 0 Å². The van der Waals surface area contributed by atoms with Crippen LogP contribution in [0.15, 0.2) is 18.3 Å². The molecule has 4 rings (SSSR count). The number of hydrogen-bond donors (Lipinski definition) is 1. The number of morpholine rings is 1. The average molecular weight is 317 g/mol. The zero-order valence-corrected chi connectivity index (χ0v) is 13.8. The van der Waals surface area contributed by atoms with E-state index in [2.05, 4.69) is 21.3 Å². The van der Waals surface area contributed by atoms with E-state index in [1.165, 1.54) is 31.2 Å². The van der Waals surface area contributed by atoms with Crippen LogP contribution in [-0.2, 0) is 16.0 Å². The predicted molar refractivity (Wildman–Crippen MR) is 89.6 cm³/mol. The molecule has 1 aromatic rings. The van der Waals surface area contributed by atoms with Crippen molar-refractivity contribution < 1.29 is 9.47 Å². The van der Waals surface area contributed by atoms with Crippen LogP contribution in [0.25, 0.3) is 0 Å². The highest BCUT2D eigenvalue weighted by atomic mass is 16.5. The molecule has 1 unspecified atom stereocenters. The summed E-state index contributed by atoms with van der Waals surface area (Å²) in [5.74, 6) is 1.13. The van der Waals surface area contributed by atoms with Crippen molar-refractivity contribution in [1.29, 1.82) is 0 Å². The Labute approximate surface area is 138 Å². The Kier molecular flexibility index (Phi) is 4.51. The molecule has 3 aliphatic rings. The van der Waals surface area contributed by atoms with Crippen LogP contribution >= 0.6 is 0 Å². The maximum atomic E-state index is 5.55. The van der Waals surface area contributed by atoms with Crippen LogP contribution in [0.1, 0.15) is 31.2 Å². The van der Waals surface area contributed by atoms with Gasteiger partial charge in [0.1, 0.15) is 5.82 Å². The van der Waals surface area contributed by atoms with Crippen molar-refractivity contribution >= 4 is 5.82 Å². The maximum absolute atomic E-state index is 5.55. The Balaban J connectivity index is 1.41. The fourth-order valence-electron chi connectivity index (χ4n) is 4.25. The summed E-state index contributed by atoms with van der Waals surface area (Å²) in [6.07, 6.45) is 6.99. The first-order valence-electron chi connectivity index (χ1n) is 8.95. The molecule has 0 amide bonds. The van der Waals surface area contributed by atoms with Crippen molar-refractivity contribution in [2.24, 2.45) is 5.41 Å². The lowest BCUT2D eigenvalue weighted by atomic mass is 9.60. The number of hydrogen-bond acceptors (Lipinski definition) is 5. The number of nitrogens with zero attached hydrogens (tertiary/aromatic N) is 2. The predicted octanol–water partition coefficient (Wildman–Crippen LogP) is 1.97. The third kappa shape index (κ3) is 3.10. The van der Waals surface area contributed by atoms with Gasteiger partial charge < -0.3 is 19.7 Å². The summed E-state index contributed by atoms with van der Waals surface area (Å²) in [5.41, 5.74) is 1.81. The first-order valence-corrected chi connectivity index (χ1v) is 8.95. The van der Waals surface area contributed by atoms with Crippen LogP contribution in [0.3, 0.4) is 0 Å². The van der Waals surface area contributed by atoms with Crippen molar-refractivity contribution in [2.45, 2.75) is 38.3 Å². The molecule has 3 fully saturated rings. The highest BCUT2D eigenvalue weighted by molar-refractivity contribution is 5.47. The van der Waals surface area contributed by atoms with E-state index in [0.29, 0.717) is 11.5 Å². The molecule has 1 saturated carbocycles. The highest BCUT2D eigenvalue weighted by Crippen LogP contribution is 2.48. The quantitative estimate of drug-likeness (QED) is 0.920. The first-order chi connectivity index (χ1) is 11.4. The van der Waals surface area contributed by atoms with Crippen molar-refractivity contribution in [1.82, 2.24) is 10.3 Å². The van der Waals surface area contributed by atoms with Gasteiger partial charge in [0.2, 0.25) is 0 Å². The number of aromatic nitrogens is 1. The lowest BCUT2D eigenvalue weighted by Gasteiger charge is -2.52. The Bertz CT molecular complexity index is 525. The van der Waals surface area contributed by atoms with E-state index in [9.17, 15) is 0 Å². The minimum Gasteiger partial charge on any atom is -0.381 e. The molecular weight excluding hydrogens is 290 g/mol. The van der Waals surface area contributed by atoms with E-state index >= 15 is 0 Å². The van der Waals surface area contributed by atoms with Crippen molar-refractivity contribution in [3.05, 3.63) is 23.9 Å². The van der Waals surface area contributed by atoms with Gasteiger partial charge >= 0.3 is 0 Å². The fraction of sp³-hybridized carbons (Fsp3) is 0.722. The molecule has 2 aliphatic heterocycles. The molecule has 1 atom stereocenters. The number of rotatable bonds is 4. The third-order valence-corrected chi connectivity index (χ3v) is 5.88. The summed E-state index contributed by atoms with van der Waals surface area (Å²) < 4.78 is 11.0. The third-order valence-electron chi connectivity index (χ3n) is 5.88. The molecule has 23 heavy (non-hydrogen) atoms. The highest BCUT2D eigenvalue weighted by Gasteiger charge is 2.46. The van der Waals surface area contributed by atoms with E-state index in [-0.39, 0.29) is 0 Å². The van der Waals surface area contributed by atoms with E-state index in [4.69, 9.17) is 9.47 Å². The molecule has 0 bridgehead atoms. The van der Waals surface area contributed by atoms with Gasteiger partial charge in [-0.05, 0) is 37.2 Å². The van der Waals surface area contributed by atoms with Crippen LogP contribution in [0, 0.1) is 5.41 Å². The van der Waals surface area contributed by atoms with Crippen LogP contribution in [0.5, 0.6) is 0 Å². The normalized spacial score (nSPS) is 27.0. The summed E-state index contributed by atoms with van der Waals surface area (Å²) in [4.78, 5) is 6.99. The maximum Gasteiger partial charge on any atom is 0.133 e. The van der Waals surface area contributed by atoms with Gasteiger partial charge in [0, 0.05) is 50.7 Å². The minimum absolute atomic E-state index is 0.500. The molecular formula is C18H27N3O2. The van der Waals surface area contributed by atoms with Crippen LogP contribution in [0.4, 0.5) is 5.82 Å². The van der Waals surface area contributed by atoms with Crippen LogP contribution in [-0.4, -0.2) is 50.5 Å². The molecule has 1 aliphatic carbocycles. The largest absolute Gasteiger partial charge is 0.381 e. The van der Waals surface area contributed by atoms with E-state index in [1.807, 2.05) is 12.3 Å². The molecule has 0 radical (unpaired) electrons. The lowest BCUT2D eigenvalue weighted by molar-refractivity contribution is -0.0552. The van der Waals surface area contributed by atoms with Crippen molar-refractivity contribution in [3.8, 4) is 0 Å². The molecule has 5 heteroatoms. The average Bonchev–Trinajstić information content (AvgIpc) is 2.63. The van der Waals surface area contributed by atoms with Crippen molar-refractivity contribution in [2.75, 3.05) is 44.4 Å². The summed E-state index contributed by atoms with van der Waals surface area (Å²) in [5, 5.41) is 3.82. The van der Waals surface area contributed by atoms with E-state index in [1.54, 1.807) is 0 Å². The molecule has 0 aromatic carbocycles. The monoisotopic (exact) mass is 317 g/mol.